The number of nitrogen functional groups attached to an aromatic ring is 1. The molecule has 3 atom stereocenters. The van der Waals surface area contributed by atoms with Crippen molar-refractivity contribution in [2.75, 3.05) is 19.6 Å². The summed E-state index contributed by atoms with van der Waals surface area (Å²) in [5.41, 5.74) is 36.5. The minimum atomic E-state index is -0.964. The number of Topliss-reactive ketones (excluding diaryl/α,β-unsaturated/α-hetero) is 3. The number of rotatable bonds is 27. The van der Waals surface area contributed by atoms with Crippen LogP contribution in [0, 0.1) is 5.41 Å². The summed E-state index contributed by atoms with van der Waals surface area (Å²) in [4.78, 5) is 60.8. The Bertz CT molecular complexity index is 1570. The van der Waals surface area contributed by atoms with Gasteiger partial charge in [0, 0.05) is 31.1 Å². The van der Waals surface area contributed by atoms with Crippen LogP contribution in [0.1, 0.15) is 48.1 Å². The molecule has 0 radical (unpaired) electrons. The summed E-state index contributed by atoms with van der Waals surface area (Å²) >= 11 is 0. The third kappa shape index (κ3) is 16.2. The second kappa shape index (κ2) is 23.0. The molecule has 1 aromatic heterocycles. The molecule has 0 aliphatic carbocycles. The quantitative estimate of drug-likeness (QED) is 0.00956. The van der Waals surface area contributed by atoms with E-state index in [1.54, 1.807) is 54.7 Å². The number of hydrogen-bond acceptors (Lipinski definition) is 15. The van der Waals surface area contributed by atoms with E-state index in [1.165, 1.54) is 6.33 Å². The highest BCUT2D eigenvalue weighted by molar-refractivity contribution is 6.39. The molecule has 1 heterocycles. The lowest BCUT2D eigenvalue weighted by Crippen LogP contribution is -2.56. The molecule has 0 saturated heterocycles. The largest absolute Gasteiger partial charge is 0.384 e. The number of nitrogens with two attached hydrogens (primary N) is 5. The highest BCUT2D eigenvalue weighted by atomic mass is 16.2. The van der Waals surface area contributed by atoms with Crippen LogP contribution in [0.15, 0.2) is 67.1 Å². The maximum Gasteiger partial charge on any atom is 0.237 e. The number of amidine groups is 1. The number of aromatic nitrogens is 2. The van der Waals surface area contributed by atoms with Gasteiger partial charge < -0.3 is 39.0 Å². The molecule has 18 nitrogen and oxygen atoms in total. The number of H-pyrrole nitrogens is 1. The summed E-state index contributed by atoms with van der Waals surface area (Å²) in [5.74, 6) is -1.92. The molecular weight excluding hydrogens is 680 g/mol. The number of benzene rings is 2. The molecule has 0 spiro atoms. The summed E-state index contributed by atoms with van der Waals surface area (Å²) in [6.45, 7) is 0.855. The maximum absolute atomic E-state index is 13.8. The van der Waals surface area contributed by atoms with Crippen molar-refractivity contribution in [2.45, 2.75) is 75.8 Å². The smallest absolute Gasteiger partial charge is 0.237 e. The molecule has 1 amide bonds. The summed E-state index contributed by atoms with van der Waals surface area (Å²) in [7, 11) is 0. The molecule has 0 fully saturated rings. The Morgan fingerprint density at radius 2 is 1.40 bits per heavy atom. The third-order valence-electron chi connectivity index (χ3n) is 8.26. The third-order valence-corrected chi connectivity index (χ3v) is 8.26. The van der Waals surface area contributed by atoms with Crippen LogP contribution in [0.5, 0.6) is 0 Å². The van der Waals surface area contributed by atoms with Crippen molar-refractivity contribution in [3.63, 3.8) is 0 Å². The first-order chi connectivity index (χ1) is 25.4. The summed E-state index contributed by atoms with van der Waals surface area (Å²) in [5, 5.41) is 19.3. The van der Waals surface area contributed by atoms with Gasteiger partial charge in [0.05, 0.1) is 36.7 Å². The number of carbonyl (C=O) groups excluding carboxylic acids is 4. The average Bonchev–Trinajstić information content (AvgIpc) is 3.66. The van der Waals surface area contributed by atoms with E-state index in [1.807, 2.05) is 6.07 Å². The van der Waals surface area contributed by atoms with Crippen LogP contribution in [0.3, 0.4) is 0 Å². The lowest BCUT2D eigenvalue weighted by molar-refractivity contribution is -0.137. The average molecular weight is 735 g/mol. The van der Waals surface area contributed by atoms with Gasteiger partial charge >= 0.3 is 0 Å². The first kappa shape index (κ1) is 42.7. The molecule has 2 aromatic carbocycles. The second-order valence-electron chi connectivity index (χ2n) is 12.6. The molecule has 0 aliphatic rings. The Morgan fingerprint density at radius 3 is 1.98 bits per heavy atom. The molecular formula is C35H54N14O4. The van der Waals surface area contributed by atoms with Crippen LogP contribution in [-0.2, 0) is 38.6 Å². The number of ketones is 3. The fourth-order valence-electron chi connectivity index (χ4n) is 5.33. The van der Waals surface area contributed by atoms with E-state index < -0.39 is 42.3 Å². The maximum atomic E-state index is 13.8. The van der Waals surface area contributed by atoms with E-state index in [0.717, 1.165) is 5.56 Å². The van der Waals surface area contributed by atoms with Crippen LogP contribution in [0.4, 0.5) is 0 Å². The van der Waals surface area contributed by atoms with Crippen molar-refractivity contribution >= 4 is 29.1 Å². The zero-order valence-corrected chi connectivity index (χ0v) is 29.8. The highest BCUT2D eigenvalue weighted by Gasteiger charge is 2.28. The zero-order valence-electron chi connectivity index (χ0n) is 29.8. The van der Waals surface area contributed by atoms with Gasteiger partial charge in [-0.1, -0.05) is 54.6 Å². The van der Waals surface area contributed by atoms with Gasteiger partial charge in [-0.15, -0.1) is 0 Å². The second-order valence-corrected chi connectivity index (χ2v) is 12.6. The Hall–Kier alpha value is -4.76. The number of imidazole rings is 1. The van der Waals surface area contributed by atoms with Crippen molar-refractivity contribution in [1.29, 1.82) is 5.41 Å². The van der Waals surface area contributed by atoms with Crippen LogP contribution >= 0.6 is 0 Å². The Labute approximate surface area is 309 Å². The van der Waals surface area contributed by atoms with Gasteiger partial charge in [0.2, 0.25) is 17.5 Å². The van der Waals surface area contributed by atoms with Gasteiger partial charge in [0.15, 0.2) is 5.78 Å². The van der Waals surface area contributed by atoms with Gasteiger partial charge in [0.1, 0.15) is 18.4 Å². The van der Waals surface area contributed by atoms with Gasteiger partial charge in [-0.3, -0.25) is 40.5 Å². The summed E-state index contributed by atoms with van der Waals surface area (Å²) < 4.78 is 0. The Morgan fingerprint density at radius 1 is 0.774 bits per heavy atom. The standard InChI is InChI=1S/C35H54N14O4/c36-32(37)24-12-10-23(11-13-24)18-46-33(53)27(9-5-15-44-35(40)41)45-20-30(51)28(17-25-19-42-21-47-25)49-48-26(8-4-14-43-34(38)39)31(52)29(50)16-22-6-2-1-3-7-22/h1-3,6-7,10-13,19,21,26-28,34-35,43-45,48-49H,4-5,8-9,14-18,20,38-41H2,(H3,36,37)(H,42,47)(H,46,53)/t26-,27-,28-/m0/s1. The number of hydrogen-bond donors (Lipinski definition) is 13. The van der Waals surface area contributed by atoms with E-state index >= 15 is 0 Å². The monoisotopic (exact) mass is 734 g/mol. The molecule has 18 N–H and O–H groups in total. The normalized spacial score (nSPS) is 13.1. The number of nitrogens with zero attached hydrogens (tertiary/aromatic N) is 1. The molecule has 53 heavy (non-hydrogen) atoms. The number of carbonyl (C=O) groups is 4. The molecule has 0 bridgehead atoms. The minimum absolute atomic E-state index is 0.0562. The lowest BCUT2D eigenvalue weighted by atomic mass is 9.99. The van der Waals surface area contributed by atoms with Crippen LogP contribution in [0.25, 0.3) is 0 Å². The van der Waals surface area contributed by atoms with Crippen molar-refractivity contribution in [1.82, 2.24) is 42.1 Å². The van der Waals surface area contributed by atoms with Crippen LogP contribution < -0.4 is 60.8 Å². The first-order valence-electron chi connectivity index (χ1n) is 17.5. The minimum Gasteiger partial charge on any atom is -0.384 e. The predicted molar refractivity (Wildman–Crippen MR) is 201 cm³/mol. The van der Waals surface area contributed by atoms with E-state index in [-0.39, 0.29) is 49.9 Å². The topological polar surface area (TPSA) is 323 Å². The van der Waals surface area contributed by atoms with Crippen molar-refractivity contribution in [3.05, 3.63) is 89.5 Å². The molecule has 0 unspecified atom stereocenters. The van der Waals surface area contributed by atoms with Gasteiger partial charge in [-0.25, -0.2) is 15.8 Å². The molecule has 3 rings (SSSR count). The first-order valence-corrected chi connectivity index (χ1v) is 17.5. The van der Waals surface area contributed by atoms with Gasteiger partial charge in [0.25, 0.3) is 0 Å². The van der Waals surface area contributed by atoms with E-state index in [2.05, 4.69) is 42.1 Å². The van der Waals surface area contributed by atoms with E-state index in [4.69, 9.17) is 34.1 Å². The summed E-state index contributed by atoms with van der Waals surface area (Å²) in [6, 6.07) is 13.3. The number of aromatic amines is 1. The van der Waals surface area contributed by atoms with Crippen LogP contribution in [-0.4, -0.2) is 89.4 Å². The number of nitrogens with one attached hydrogen (secondary N) is 8. The predicted octanol–water partition coefficient (Wildman–Crippen LogP) is -2.57. The SMILES string of the molecule is N=C(N)c1ccc(CNC(=O)[C@H](CCCNC(N)N)NCC(=O)[C@H](Cc2c[nH]cn2)NN[C@@H](CCCNC(N)N)C(=O)C(=O)Cc2ccccc2)cc1. The molecule has 0 saturated carbocycles. The Kier molecular flexibility index (Phi) is 18.5. The lowest BCUT2D eigenvalue weighted by Gasteiger charge is -2.24. The molecule has 18 heteroatoms. The molecule has 288 valence electrons. The zero-order chi connectivity index (χ0) is 38.6. The van der Waals surface area contributed by atoms with Gasteiger partial charge in [-0.2, -0.15) is 0 Å². The van der Waals surface area contributed by atoms with Crippen LogP contribution in [0.2, 0.25) is 0 Å². The van der Waals surface area contributed by atoms with E-state index in [9.17, 15) is 19.2 Å². The molecule has 3 aromatic rings. The van der Waals surface area contributed by atoms with Crippen molar-refractivity contribution in [2.24, 2.45) is 28.7 Å². The fourth-order valence-corrected chi connectivity index (χ4v) is 5.33. The highest BCUT2D eigenvalue weighted by Crippen LogP contribution is 2.08. The van der Waals surface area contributed by atoms with Crippen molar-refractivity contribution in [3.8, 4) is 0 Å². The number of hydrazine groups is 1. The van der Waals surface area contributed by atoms with E-state index in [0.29, 0.717) is 49.2 Å². The Balaban J connectivity index is 1.70. The van der Waals surface area contributed by atoms with Gasteiger partial charge in [-0.05, 0) is 49.9 Å². The number of amides is 1. The fraction of sp³-hybridized carbons (Fsp3) is 0.429. The summed E-state index contributed by atoms with van der Waals surface area (Å²) in [6.07, 6.45) is 3.35. The molecule has 0 aliphatic heterocycles. The van der Waals surface area contributed by atoms with Crippen molar-refractivity contribution < 1.29 is 19.2 Å².